The van der Waals surface area contributed by atoms with Crippen LogP contribution in [0.4, 0.5) is 10.5 Å². The van der Waals surface area contributed by atoms with Gasteiger partial charge < -0.3 is 15.0 Å². The quantitative estimate of drug-likeness (QED) is 0.694. The van der Waals surface area contributed by atoms with Crippen LogP contribution in [0.3, 0.4) is 0 Å². The predicted octanol–water partition coefficient (Wildman–Crippen LogP) is 3.32. The fourth-order valence-corrected chi connectivity index (χ4v) is 5.16. The van der Waals surface area contributed by atoms with Gasteiger partial charge in [-0.15, -0.1) is 0 Å². The molecular weight excluding hydrogens is 442 g/mol. The third-order valence-electron chi connectivity index (χ3n) is 5.26. The van der Waals surface area contributed by atoms with Crippen molar-refractivity contribution in [2.24, 2.45) is 0 Å². The number of sulfonamides is 1. The largest absolute Gasteiger partial charge is 0.444 e. The zero-order valence-electron chi connectivity index (χ0n) is 19.4. The molecule has 0 radical (unpaired) electrons. The average molecular weight is 474 g/mol. The molecule has 8 nitrogen and oxygen atoms in total. The number of nitrogens with zero attached hydrogens (tertiary/aromatic N) is 2. The number of rotatable bonds is 6. The van der Waals surface area contributed by atoms with Gasteiger partial charge in [-0.1, -0.05) is 36.4 Å². The van der Waals surface area contributed by atoms with Crippen LogP contribution in [0.5, 0.6) is 0 Å². The molecule has 2 amide bonds. The highest BCUT2D eigenvalue weighted by molar-refractivity contribution is 7.92. The molecule has 0 aliphatic carbocycles. The molecule has 0 spiro atoms. The molecule has 1 unspecified atom stereocenters. The number of amides is 2. The molecule has 1 fully saturated rings. The number of hydrogen-bond donors (Lipinski definition) is 1. The summed E-state index contributed by atoms with van der Waals surface area (Å²) in [7, 11) is -3.96. The van der Waals surface area contributed by atoms with E-state index in [0.29, 0.717) is 25.2 Å². The van der Waals surface area contributed by atoms with Crippen molar-refractivity contribution in [3.63, 3.8) is 0 Å². The van der Waals surface area contributed by atoms with Crippen LogP contribution >= 0.6 is 0 Å². The number of benzene rings is 2. The summed E-state index contributed by atoms with van der Waals surface area (Å²) in [6.45, 7) is 7.54. The molecule has 1 N–H and O–H groups in total. The van der Waals surface area contributed by atoms with Gasteiger partial charge in [-0.25, -0.2) is 13.2 Å². The summed E-state index contributed by atoms with van der Waals surface area (Å²) in [6, 6.07) is 14.9. The minimum atomic E-state index is -3.96. The van der Waals surface area contributed by atoms with E-state index in [1.54, 1.807) is 56.0 Å². The van der Waals surface area contributed by atoms with Crippen molar-refractivity contribution in [1.82, 2.24) is 10.2 Å². The van der Waals surface area contributed by atoms with Crippen LogP contribution in [0.15, 0.2) is 59.5 Å². The van der Waals surface area contributed by atoms with Crippen molar-refractivity contribution in [2.75, 3.05) is 23.9 Å². The Morgan fingerprint density at radius 1 is 1.09 bits per heavy atom. The smallest absolute Gasteiger partial charge is 0.407 e. The predicted molar refractivity (Wildman–Crippen MR) is 127 cm³/mol. The number of para-hydroxylation sites is 1. The molecule has 2 aromatic carbocycles. The molecule has 0 aromatic heterocycles. The molecule has 2 aromatic rings. The van der Waals surface area contributed by atoms with E-state index in [2.05, 4.69) is 5.32 Å². The first-order chi connectivity index (χ1) is 15.5. The fourth-order valence-electron chi connectivity index (χ4n) is 3.66. The Hall–Kier alpha value is -3.07. The lowest BCUT2D eigenvalue weighted by Crippen LogP contribution is -2.44. The number of carbonyl (C=O) groups is 2. The number of anilines is 1. The van der Waals surface area contributed by atoms with Crippen LogP contribution in [0.25, 0.3) is 0 Å². The van der Waals surface area contributed by atoms with Crippen molar-refractivity contribution in [1.29, 1.82) is 0 Å². The van der Waals surface area contributed by atoms with E-state index < -0.39 is 21.7 Å². The van der Waals surface area contributed by atoms with Gasteiger partial charge in [-0.3, -0.25) is 9.10 Å². The lowest BCUT2D eigenvalue weighted by Gasteiger charge is -2.28. The second-order valence-electron chi connectivity index (χ2n) is 9.08. The third kappa shape index (κ3) is 6.25. The molecule has 1 heterocycles. The van der Waals surface area contributed by atoms with Crippen LogP contribution in [0.2, 0.25) is 0 Å². The van der Waals surface area contributed by atoms with E-state index in [1.165, 1.54) is 12.1 Å². The van der Waals surface area contributed by atoms with Gasteiger partial charge in [-0.2, -0.15) is 0 Å². The summed E-state index contributed by atoms with van der Waals surface area (Å²) in [5.74, 6) is -0.328. The summed E-state index contributed by atoms with van der Waals surface area (Å²) < 4.78 is 33.4. The fraction of sp³-hybridized carbons (Fsp3) is 0.417. The van der Waals surface area contributed by atoms with Crippen molar-refractivity contribution < 1.29 is 22.7 Å². The Morgan fingerprint density at radius 3 is 2.36 bits per heavy atom. The number of carbonyl (C=O) groups excluding carboxylic acids is 2. The summed E-state index contributed by atoms with van der Waals surface area (Å²) >= 11 is 0. The highest BCUT2D eigenvalue weighted by Crippen LogP contribution is 2.27. The molecular formula is C24H31N3O5S. The first-order valence-electron chi connectivity index (χ1n) is 10.9. The number of alkyl carbamates (subject to hydrolysis) is 1. The Labute approximate surface area is 195 Å². The van der Waals surface area contributed by atoms with Crippen molar-refractivity contribution in [2.45, 2.75) is 50.7 Å². The summed E-state index contributed by atoms with van der Waals surface area (Å²) in [6.07, 6.45) is 0.0378. The molecule has 1 aliphatic heterocycles. The third-order valence-corrected chi connectivity index (χ3v) is 7.03. The summed E-state index contributed by atoms with van der Waals surface area (Å²) in [4.78, 5) is 26.9. The first kappa shape index (κ1) is 24.6. The minimum Gasteiger partial charge on any atom is -0.444 e. The normalized spacial score (nSPS) is 16.4. The molecule has 3 rings (SSSR count). The maximum Gasteiger partial charge on any atom is 0.407 e. The lowest BCUT2D eigenvalue weighted by molar-refractivity contribution is -0.128. The number of aryl methyl sites for hydroxylation is 1. The maximum absolute atomic E-state index is 13.5. The SMILES string of the molecule is Cc1ccccc1N(CC(=O)N1CCC(NC(=O)OC(C)(C)C)C1)S(=O)(=O)c1ccccc1. The first-order valence-corrected chi connectivity index (χ1v) is 12.3. The van der Waals surface area contributed by atoms with Gasteiger partial charge in [-0.05, 0) is 57.9 Å². The second-order valence-corrected chi connectivity index (χ2v) is 10.9. The van der Waals surface area contributed by atoms with Crippen LogP contribution in [0.1, 0.15) is 32.8 Å². The van der Waals surface area contributed by atoms with Gasteiger partial charge >= 0.3 is 6.09 Å². The van der Waals surface area contributed by atoms with Gasteiger partial charge in [0, 0.05) is 13.1 Å². The second kappa shape index (κ2) is 9.82. The Bertz CT molecular complexity index is 1100. The highest BCUT2D eigenvalue weighted by Gasteiger charge is 2.33. The molecule has 0 bridgehead atoms. The topological polar surface area (TPSA) is 96.0 Å². The molecule has 1 atom stereocenters. The van der Waals surface area contributed by atoms with Crippen molar-refractivity contribution >= 4 is 27.7 Å². The van der Waals surface area contributed by atoms with Gasteiger partial charge in [0.15, 0.2) is 0 Å². The van der Waals surface area contributed by atoms with Crippen LogP contribution < -0.4 is 9.62 Å². The van der Waals surface area contributed by atoms with E-state index in [9.17, 15) is 18.0 Å². The molecule has 1 aliphatic rings. The Morgan fingerprint density at radius 2 is 1.73 bits per heavy atom. The number of likely N-dealkylation sites (tertiary alicyclic amines) is 1. The number of hydrogen-bond acceptors (Lipinski definition) is 5. The molecule has 0 saturated carbocycles. The summed E-state index contributed by atoms with van der Waals surface area (Å²) in [5.41, 5.74) is 0.589. The van der Waals surface area contributed by atoms with Gasteiger partial charge in [0.05, 0.1) is 16.6 Å². The lowest BCUT2D eigenvalue weighted by atomic mass is 10.2. The molecule has 178 valence electrons. The van der Waals surface area contributed by atoms with Gasteiger partial charge in [0.1, 0.15) is 12.1 Å². The Balaban J connectivity index is 1.77. The van der Waals surface area contributed by atoms with Crippen LogP contribution in [-0.4, -0.2) is 56.6 Å². The van der Waals surface area contributed by atoms with E-state index >= 15 is 0 Å². The Kier molecular flexibility index (Phi) is 7.31. The van der Waals surface area contributed by atoms with Crippen LogP contribution in [0, 0.1) is 6.92 Å². The van der Waals surface area contributed by atoms with Gasteiger partial charge in [0.2, 0.25) is 5.91 Å². The summed E-state index contributed by atoms with van der Waals surface area (Å²) in [5, 5.41) is 2.78. The van der Waals surface area contributed by atoms with E-state index in [4.69, 9.17) is 4.74 Å². The van der Waals surface area contributed by atoms with Crippen molar-refractivity contribution in [3.05, 3.63) is 60.2 Å². The number of ether oxygens (including phenoxy) is 1. The zero-order valence-corrected chi connectivity index (χ0v) is 20.3. The minimum absolute atomic E-state index is 0.118. The van der Waals surface area contributed by atoms with Crippen molar-refractivity contribution in [3.8, 4) is 0 Å². The van der Waals surface area contributed by atoms with E-state index in [-0.39, 0.29) is 23.4 Å². The van der Waals surface area contributed by atoms with Crippen LogP contribution in [-0.2, 0) is 19.6 Å². The maximum atomic E-state index is 13.5. The number of nitrogens with one attached hydrogen (secondary N) is 1. The highest BCUT2D eigenvalue weighted by atomic mass is 32.2. The monoisotopic (exact) mass is 473 g/mol. The standard InChI is InChI=1S/C24H31N3O5S/c1-18-10-8-9-13-21(18)27(33(30,31)20-11-6-5-7-12-20)17-22(28)26-15-14-19(16-26)25-23(29)32-24(2,3)4/h5-13,19H,14-17H2,1-4H3,(H,25,29). The van der Waals surface area contributed by atoms with E-state index in [1.807, 2.05) is 19.1 Å². The molecule has 33 heavy (non-hydrogen) atoms. The molecule has 1 saturated heterocycles. The zero-order chi connectivity index (χ0) is 24.2. The average Bonchev–Trinajstić information content (AvgIpc) is 3.20. The van der Waals surface area contributed by atoms with Gasteiger partial charge in [0.25, 0.3) is 10.0 Å². The van der Waals surface area contributed by atoms with E-state index in [0.717, 1.165) is 9.87 Å². The molecule has 9 heteroatoms.